The second-order valence-corrected chi connectivity index (χ2v) is 7.34. The van der Waals surface area contributed by atoms with Crippen molar-refractivity contribution in [3.63, 3.8) is 0 Å². The summed E-state index contributed by atoms with van der Waals surface area (Å²) in [6.45, 7) is 0.180. The van der Waals surface area contributed by atoms with Crippen LogP contribution in [0.5, 0.6) is 5.75 Å². The highest BCUT2D eigenvalue weighted by atomic mass is 79.9. The summed E-state index contributed by atoms with van der Waals surface area (Å²) in [6, 6.07) is 16.9. The van der Waals surface area contributed by atoms with Gasteiger partial charge in [-0.15, -0.1) is 0 Å². The normalized spacial score (nSPS) is 10.5. The lowest BCUT2D eigenvalue weighted by Gasteiger charge is -2.09. The number of nitriles is 1. The Kier molecular flexibility index (Phi) is 7.31. The van der Waals surface area contributed by atoms with Crippen LogP contribution in [0.15, 0.2) is 70.2 Å². The zero-order chi connectivity index (χ0) is 23.1. The van der Waals surface area contributed by atoms with Gasteiger partial charge in [0.15, 0.2) is 0 Å². The van der Waals surface area contributed by atoms with Crippen molar-refractivity contribution < 1.29 is 23.8 Å². The maximum atomic E-state index is 13.9. The summed E-state index contributed by atoms with van der Waals surface area (Å²) in [7, 11) is 0. The number of nitrogens with one attached hydrogen (secondary N) is 1. The molecule has 0 atom stereocenters. The molecular weight excluding hydrogens is 481 g/mol. The van der Waals surface area contributed by atoms with Crippen molar-refractivity contribution in [2.24, 2.45) is 5.10 Å². The van der Waals surface area contributed by atoms with Gasteiger partial charge in [0.25, 0.3) is 5.91 Å². The van der Waals surface area contributed by atoms with Gasteiger partial charge in [-0.3, -0.25) is 4.79 Å². The van der Waals surface area contributed by atoms with E-state index in [0.717, 1.165) is 6.07 Å². The molecule has 3 rings (SSSR count). The minimum atomic E-state index is -1.01. The molecule has 0 radical (unpaired) electrons. The SMILES string of the molecule is N#Cc1ccc(C(=O)N/N=C\c2ccc(OCc3cccc(C(=O)O)c3)c(Br)c2)c(F)c1. The van der Waals surface area contributed by atoms with Gasteiger partial charge in [0.2, 0.25) is 0 Å². The van der Waals surface area contributed by atoms with E-state index in [1.807, 2.05) is 0 Å². The smallest absolute Gasteiger partial charge is 0.335 e. The highest BCUT2D eigenvalue weighted by Crippen LogP contribution is 2.26. The fraction of sp³-hybridized carbons (Fsp3) is 0.0435. The Hall–Kier alpha value is -4.03. The van der Waals surface area contributed by atoms with Crippen LogP contribution in [-0.2, 0) is 6.61 Å². The van der Waals surface area contributed by atoms with Crippen molar-refractivity contribution in [2.45, 2.75) is 6.61 Å². The zero-order valence-corrected chi connectivity index (χ0v) is 18.0. The number of hydrogen-bond donors (Lipinski definition) is 2. The molecule has 0 aliphatic carbocycles. The predicted octanol–water partition coefficient (Wildman–Crippen LogP) is 4.50. The number of amides is 1. The predicted molar refractivity (Wildman–Crippen MR) is 118 cm³/mol. The largest absolute Gasteiger partial charge is 0.488 e. The van der Waals surface area contributed by atoms with Gasteiger partial charge in [-0.2, -0.15) is 10.4 Å². The molecule has 0 heterocycles. The third kappa shape index (κ3) is 5.77. The van der Waals surface area contributed by atoms with Crippen molar-refractivity contribution in [2.75, 3.05) is 0 Å². The van der Waals surface area contributed by atoms with Gasteiger partial charge in [0.05, 0.1) is 33.4 Å². The Morgan fingerprint density at radius 1 is 1.19 bits per heavy atom. The number of ether oxygens (including phenoxy) is 1. The molecule has 0 aromatic heterocycles. The zero-order valence-electron chi connectivity index (χ0n) is 16.4. The molecule has 0 aliphatic heterocycles. The summed E-state index contributed by atoms with van der Waals surface area (Å²) in [6.07, 6.45) is 1.38. The van der Waals surface area contributed by atoms with Crippen LogP contribution in [0.3, 0.4) is 0 Å². The number of carbonyl (C=O) groups is 2. The Morgan fingerprint density at radius 3 is 2.69 bits per heavy atom. The molecule has 7 nitrogen and oxygen atoms in total. The van der Waals surface area contributed by atoms with Gasteiger partial charge in [-0.25, -0.2) is 14.6 Å². The standard InChI is InChI=1S/C23H15BrFN3O4/c24-19-9-15(12-27-28-22(29)18-6-4-14(11-26)10-20(18)25)5-7-21(19)32-13-16-2-1-3-17(8-16)23(30)31/h1-10,12H,13H2,(H,28,29)(H,30,31)/b27-12-. The van der Waals surface area contributed by atoms with Gasteiger partial charge >= 0.3 is 5.97 Å². The molecule has 9 heteroatoms. The van der Waals surface area contributed by atoms with Crippen molar-refractivity contribution in [1.29, 1.82) is 5.26 Å². The molecule has 32 heavy (non-hydrogen) atoms. The van der Waals surface area contributed by atoms with Crippen molar-refractivity contribution >= 4 is 34.0 Å². The third-order valence-electron chi connectivity index (χ3n) is 4.25. The summed E-state index contributed by atoms with van der Waals surface area (Å²) >= 11 is 3.39. The van der Waals surface area contributed by atoms with E-state index in [1.165, 1.54) is 30.5 Å². The fourth-order valence-electron chi connectivity index (χ4n) is 2.66. The quantitative estimate of drug-likeness (QED) is 0.370. The number of carbonyl (C=O) groups excluding carboxylic acids is 1. The van der Waals surface area contributed by atoms with E-state index in [2.05, 4.69) is 26.5 Å². The minimum absolute atomic E-state index is 0.115. The number of rotatable bonds is 7. The van der Waals surface area contributed by atoms with E-state index >= 15 is 0 Å². The summed E-state index contributed by atoms with van der Waals surface area (Å²) in [5, 5.41) is 21.6. The molecule has 0 aliphatic rings. The Balaban J connectivity index is 1.61. The molecule has 0 bridgehead atoms. The number of hydrazone groups is 1. The van der Waals surface area contributed by atoms with Gasteiger partial charge in [-0.05, 0) is 75.6 Å². The lowest BCUT2D eigenvalue weighted by atomic mass is 10.1. The Morgan fingerprint density at radius 2 is 2.00 bits per heavy atom. The van der Waals surface area contributed by atoms with Gasteiger partial charge < -0.3 is 9.84 Å². The first-order valence-corrected chi connectivity index (χ1v) is 9.94. The maximum absolute atomic E-state index is 13.9. The first-order valence-electron chi connectivity index (χ1n) is 9.15. The van der Waals surface area contributed by atoms with Crippen molar-refractivity contribution in [1.82, 2.24) is 5.43 Å². The number of carboxylic acid groups (broad SMARTS) is 1. The number of halogens is 2. The first-order chi connectivity index (χ1) is 15.4. The van der Waals surface area contributed by atoms with Gasteiger partial charge in [0.1, 0.15) is 18.2 Å². The molecule has 0 saturated heterocycles. The van der Waals surface area contributed by atoms with Crippen LogP contribution in [0.25, 0.3) is 0 Å². The maximum Gasteiger partial charge on any atom is 0.335 e. The molecule has 3 aromatic rings. The van der Waals surface area contributed by atoms with Crippen LogP contribution < -0.4 is 10.2 Å². The van der Waals surface area contributed by atoms with Crippen LogP contribution >= 0.6 is 15.9 Å². The molecule has 0 spiro atoms. The monoisotopic (exact) mass is 495 g/mol. The highest BCUT2D eigenvalue weighted by Gasteiger charge is 2.11. The average Bonchev–Trinajstić information content (AvgIpc) is 2.78. The highest BCUT2D eigenvalue weighted by molar-refractivity contribution is 9.10. The molecular formula is C23H15BrFN3O4. The van der Waals surface area contributed by atoms with E-state index in [4.69, 9.17) is 15.1 Å². The number of benzene rings is 3. The summed E-state index contributed by atoms with van der Waals surface area (Å²) in [5.74, 6) is -2.03. The summed E-state index contributed by atoms with van der Waals surface area (Å²) in [4.78, 5) is 23.1. The topological polar surface area (TPSA) is 112 Å². The number of aromatic carboxylic acids is 1. The molecule has 2 N–H and O–H groups in total. The van der Waals surface area contributed by atoms with Crippen molar-refractivity contribution in [3.05, 3.63) is 98.8 Å². The number of hydrogen-bond acceptors (Lipinski definition) is 5. The van der Waals surface area contributed by atoms with Gasteiger partial charge in [-0.1, -0.05) is 12.1 Å². The Bertz CT molecular complexity index is 1250. The second-order valence-electron chi connectivity index (χ2n) is 6.49. The van der Waals surface area contributed by atoms with Crippen LogP contribution in [0.1, 0.15) is 37.4 Å². The van der Waals surface area contributed by atoms with E-state index < -0.39 is 17.7 Å². The molecule has 3 aromatic carbocycles. The lowest BCUT2D eigenvalue weighted by molar-refractivity contribution is 0.0696. The van der Waals surface area contributed by atoms with E-state index in [9.17, 15) is 14.0 Å². The van der Waals surface area contributed by atoms with E-state index in [-0.39, 0.29) is 23.3 Å². The molecule has 1 amide bonds. The Labute approximate surface area is 190 Å². The van der Waals surface area contributed by atoms with Gasteiger partial charge in [0, 0.05) is 0 Å². The minimum Gasteiger partial charge on any atom is -0.488 e. The lowest BCUT2D eigenvalue weighted by Crippen LogP contribution is -2.19. The average molecular weight is 496 g/mol. The molecule has 160 valence electrons. The van der Waals surface area contributed by atoms with Crippen LogP contribution in [0, 0.1) is 17.1 Å². The summed E-state index contributed by atoms with van der Waals surface area (Å²) < 4.78 is 20.2. The molecule has 0 fully saturated rings. The van der Waals surface area contributed by atoms with Crippen molar-refractivity contribution in [3.8, 4) is 11.8 Å². The number of nitrogens with zero attached hydrogens (tertiary/aromatic N) is 2. The third-order valence-corrected chi connectivity index (χ3v) is 4.87. The molecule has 0 saturated carbocycles. The van der Waals surface area contributed by atoms with Crippen LogP contribution in [0.2, 0.25) is 0 Å². The van der Waals surface area contributed by atoms with E-state index in [0.29, 0.717) is 21.3 Å². The first kappa shape index (κ1) is 22.7. The summed E-state index contributed by atoms with van der Waals surface area (Å²) in [5.41, 5.74) is 3.65. The van der Waals surface area contributed by atoms with E-state index in [1.54, 1.807) is 36.4 Å². The molecule has 0 unspecified atom stereocenters. The van der Waals surface area contributed by atoms with Crippen LogP contribution in [0.4, 0.5) is 4.39 Å². The second kappa shape index (κ2) is 10.3. The fourth-order valence-corrected chi connectivity index (χ4v) is 3.18. The number of carboxylic acids is 1. The van der Waals surface area contributed by atoms with Crippen LogP contribution in [-0.4, -0.2) is 23.2 Å².